The lowest BCUT2D eigenvalue weighted by atomic mass is 10.3. The van der Waals surface area contributed by atoms with Crippen molar-refractivity contribution in [3.8, 4) is 0 Å². The molecule has 0 spiro atoms. The van der Waals surface area contributed by atoms with Gasteiger partial charge in [-0.2, -0.15) is 5.10 Å². The average molecular weight is 394 g/mol. The number of benzene rings is 2. The molecule has 0 bridgehead atoms. The van der Waals surface area contributed by atoms with Crippen LogP contribution in [-0.4, -0.2) is 13.3 Å². The zero-order valence-electron chi connectivity index (χ0n) is 10.9. The van der Waals surface area contributed by atoms with Gasteiger partial charge in [0, 0.05) is 13.1 Å². The molecule has 0 fully saturated rings. The van der Waals surface area contributed by atoms with Crippen LogP contribution in [-0.2, 0) is 0 Å². The second-order valence-corrected chi connectivity index (χ2v) is 6.32. The molecule has 5 heteroatoms. The van der Waals surface area contributed by atoms with Crippen molar-refractivity contribution >= 4 is 56.3 Å². The minimum absolute atomic E-state index is 1.07. The van der Waals surface area contributed by atoms with Crippen LogP contribution in [0, 0.1) is 0 Å². The molecule has 3 aromatic rings. The molecular formula is C15H13IN3S+. The fourth-order valence-electron chi connectivity index (χ4n) is 1.90. The van der Waals surface area contributed by atoms with Crippen LogP contribution >= 0.6 is 34.2 Å². The maximum absolute atomic E-state index is 4.51. The number of hydrazone groups is 1. The first-order valence-corrected chi connectivity index (χ1v) is 7.96. The lowest BCUT2D eigenvalue weighted by Gasteiger charge is -2.11. The van der Waals surface area contributed by atoms with Crippen molar-refractivity contribution in [1.29, 1.82) is 0 Å². The van der Waals surface area contributed by atoms with Crippen LogP contribution in [0.15, 0.2) is 59.7 Å². The Bertz CT molecular complexity index is 752. The minimum Gasteiger partial charge on any atom is -0.268 e. The fraction of sp³-hybridized carbons (Fsp3) is 0.0667. The summed E-state index contributed by atoms with van der Waals surface area (Å²) in [5.41, 5.74) is 2.30. The third-order valence-electron chi connectivity index (χ3n) is 2.96. The Hall–Kier alpha value is -1.47. The molecule has 3 nitrogen and oxygen atoms in total. The highest BCUT2D eigenvalue weighted by Gasteiger charge is 2.16. The Balaban J connectivity index is 1.89. The van der Waals surface area contributed by atoms with E-state index in [1.807, 2.05) is 48.6 Å². The Morgan fingerprint density at radius 1 is 1.10 bits per heavy atom. The van der Waals surface area contributed by atoms with E-state index in [0.29, 0.717) is 0 Å². The molecule has 0 saturated heterocycles. The van der Waals surface area contributed by atoms with Crippen LogP contribution in [0.1, 0.15) is 5.01 Å². The molecular weight excluding hydrogens is 381 g/mol. The highest BCUT2D eigenvalue weighted by molar-refractivity contribution is 14.1. The van der Waals surface area contributed by atoms with Gasteiger partial charge in [-0.1, -0.05) is 41.7 Å². The lowest BCUT2D eigenvalue weighted by Crippen LogP contribution is -2.22. The number of rotatable bonds is 3. The fourth-order valence-corrected chi connectivity index (χ4v) is 3.82. The number of hydrogen-bond acceptors (Lipinski definition) is 3. The van der Waals surface area contributed by atoms with Gasteiger partial charge >= 0.3 is 22.9 Å². The van der Waals surface area contributed by atoms with Gasteiger partial charge in [0.1, 0.15) is 10.9 Å². The van der Waals surface area contributed by atoms with E-state index in [0.717, 1.165) is 10.7 Å². The molecule has 2 aromatic carbocycles. The summed E-state index contributed by atoms with van der Waals surface area (Å²) in [5, 5.41) is 7.51. The van der Waals surface area contributed by atoms with Gasteiger partial charge in [-0.15, -0.1) is 2.78 Å². The van der Waals surface area contributed by atoms with Crippen LogP contribution < -0.4 is 7.79 Å². The molecule has 0 aliphatic rings. The predicted molar refractivity (Wildman–Crippen MR) is 93.9 cm³/mol. The molecule has 0 N–H and O–H groups in total. The topological polar surface area (TPSA) is 19.5 Å². The maximum atomic E-state index is 4.51. The molecule has 0 aliphatic carbocycles. The average Bonchev–Trinajstić information content (AvgIpc) is 2.83. The quantitative estimate of drug-likeness (QED) is 0.375. The molecule has 0 aliphatic heterocycles. The normalized spacial score (nSPS) is 11.3. The molecule has 3 rings (SSSR count). The van der Waals surface area contributed by atoms with E-state index in [9.17, 15) is 0 Å². The van der Waals surface area contributed by atoms with Gasteiger partial charge in [0.05, 0.1) is 5.69 Å². The van der Waals surface area contributed by atoms with Crippen molar-refractivity contribution in [2.75, 3.05) is 12.1 Å². The summed E-state index contributed by atoms with van der Waals surface area (Å²) in [6.45, 7) is 0. The second-order valence-electron chi connectivity index (χ2n) is 4.29. The second kappa shape index (κ2) is 5.88. The van der Waals surface area contributed by atoms with Gasteiger partial charge in [-0.05, 0) is 18.2 Å². The SMILES string of the molecule is CN(N=Cc1sc2ccccc2[n+]1I)c1ccccc1. The van der Waals surface area contributed by atoms with Crippen molar-refractivity contribution in [1.82, 2.24) is 0 Å². The van der Waals surface area contributed by atoms with Crippen LogP contribution in [0.25, 0.3) is 10.2 Å². The van der Waals surface area contributed by atoms with Crippen molar-refractivity contribution in [3.05, 3.63) is 59.6 Å². The molecule has 0 saturated carbocycles. The molecule has 100 valence electrons. The highest BCUT2D eigenvalue weighted by Crippen LogP contribution is 2.20. The largest absolute Gasteiger partial charge is 0.355 e. The molecule has 0 unspecified atom stereocenters. The van der Waals surface area contributed by atoms with Crippen molar-refractivity contribution < 1.29 is 2.78 Å². The summed E-state index contributed by atoms with van der Waals surface area (Å²) in [4.78, 5) is 0. The molecule has 0 atom stereocenters. The summed E-state index contributed by atoms with van der Waals surface area (Å²) in [7, 11) is 1.96. The van der Waals surface area contributed by atoms with E-state index in [2.05, 4.69) is 55.0 Å². The first kappa shape index (κ1) is 13.5. The van der Waals surface area contributed by atoms with Crippen molar-refractivity contribution in [2.45, 2.75) is 0 Å². The first-order chi connectivity index (χ1) is 9.75. The van der Waals surface area contributed by atoms with Crippen LogP contribution in [0.4, 0.5) is 5.69 Å². The number of nitrogens with zero attached hydrogens (tertiary/aromatic N) is 3. The third-order valence-corrected chi connectivity index (χ3v) is 5.39. The number of halogens is 1. The zero-order chi connectivity index (χ0) is 13.9. The highest BCUT2D eigenvalue weighted by atomic mass is 127. The lowest BCUT2D eigenvalue weighted by molar-refractivity contribution is -0.403. The van der Waals surface area contributed by atoms with Gasteiger partial charge in [-0.25, -0.2) is 0 Å². The Morgan fingerprint density at radius 3 is 2.55 bits per heavy atom. The van der Waals surface area contributed by atoms with Crippen LogP contribution in [0.5, 0.6) is 0 Å². The maximum Gasteiger partial charge on any atom is 0.355 e. The molecule has 20 heavy (non-hydrogen) atoms. The standard InChI is InChI=1S/C15H13IN3S/c1-18(12-7-3-2-4-8-12)17-11-15-19(16)13-9-5-6-10-14(13)20-15/h2-11H,1H3/q+1. The van der Waals surface area contributed by atoms with Crippen molar-refractivity contribution in [3.63, 3.8) is 0 Å². The summed E-state index contributed by atoms with van der Waals surface area (Å²) >= 11 is 4.05. The van der Waals surface area contributed by atoms with E-state index >= 15 is 0 Å². The Kier molecular flexibility index (Phi) is 3.98. The number of thiazole rings is 1. The Labute approximate surface area is 135 Å². The number of para-hydroxylation sites is 2. The number of hydrogen-bond donors (Lipinski definition) is 0. The van der Waals surface area contributed by atoms with E-state index in [1.54, 1.807) is 11.3 Å². The van der Waals surface area contributed by atoms with Gasteiger partial charge in [-0.3, -0.25) is 5.01 Å². The predicted octanol–water partition coefficient (Wildman–Crippen LogP) is 3.86. The van der Waals surface area contributed by atoms with Gasteiger partial charge in [0.15, 0.2) is 0 Å². The Morgan fingerprint density at radius 2 is 1.80 bits per heavy atom. The molecule has 0 amide bonds. The van der Waals surface area contributed by atoms with E-state index in [4.69, 9.17) is 0 Å². The smallest absolute Gasteiger partial charge is 0.268 e. The third kappa shape index (κ3) is 2.69. The molecule has 1 aromatic heterocycles. The van der Waals surface area contributed by atoms with Crippen LogP contribution in [0.3, 0.4) is 0 Å². The van der Waals surface area contributed by atoms with Gasteiger partial charge in [0.25, 0.3) is 5.01 Å². The zero-order valence-corrected chi connectivity index (χ0v) is 13.9. The number of aromatic nitrogens is 1. The summed E-state index contributed by atoms with van der Waals surface area (Å²) in [5.74, 6) is 0. The number of anilines is 1. The van der Waals surface area contributed by atoms with E-state index < -0.39 is 0 Å². The summed E-state index contributed by atoms with van der Waals surface area (Å²) in [6.07, 6.45) is 1.91. The van der Waals surface area contributed by atoms with Crippen molar-refractivity contribution in [2.24, 2.45) is 5.10 Å². The van der Waals surface area contributed by atoms with E-state index in [1.165, 1.54) is 10.2 Å². The van der Waals surface area contributed by atoms with E-state index in [-0.39, 0.29) is 0 Å². The summed E-state index contributed by atoms with van der Waals surface area (Å²) < 4.78 is 3.41. The molecule has 0 radical (unpaired) electrons. The van der Waals surface area contributed by atoms with Gasteiger partial charge < -0.3 is 0 Å². The minimum atomic E-state index is 1.07. The van der Waals surface area contributed by atoms with Gasteiger partial charge in [0.2, 0.25) is 5.52 Å². The first-order valence-electron chi connectivity index (χ1n) is 6.18. The monoisotopic (exact) mass is 394 g/mol. The molecule has 1 heterocycles. The summed E-state index contributed by atoms with van der Waals surface area (Å²) in [6, 6.07) is 18.5. The number of fused-ring (bicyclic) bond motifs is 1. The van der Waals surface area contributed by atoms with Crippen LogP contribution in [0.2, 0.25) is 0 Å².